The van der Waals surface area contributed by atoms with Gasteiger partial charge in [-0.2, -0.15) is 10.2 Å². The van der Waals surface area contributed by atoms with Crippen LogP contribution in [-0.2, 0) is 23.5 Å². The number of nitrogens with one attached hydrogen (secondary N) is 1. The van der Waals surface area contributed by atoms with Crippen molar-refractivity contribution in [3.63, 3.8) is 0 Å². The van der Waals surface area contributed by atoms with Crippen LogP contribution in [0, 0.1) is 17.5 Å². The molecule has 4 aromatic heterocycles. The van der Waals surface area contributed by atoms with Gasteiger partial charge in [-0.25, -0.2) is 27.4 Å². The molecule has 0 bridgehead atoms. The van der Waals surface area contributed by atoms with Crippen molar-refractivity contribution in [3.05, 3.63) is 127 Å². The maximum absolute atomic E-state index is 14.7. The zero-order valence-electron chi connectivity index (χ0n) is 22.5. The maximum atomic E-state index is 14.7. The number of rotatable bonds is 9. The number of amides is 1. The van der Waals surface area contributed by atoms with Crippen LogP contribution in [0.15, 0.2) is 98.0 Å². The van der Waals surface area contributed by atoms with Crippen molar-refractivity contribution in [1.29, 1.82) is 0 Å². The van der Waals surface area contributed by atoms with Gasteiger partial charge in [-0.3, -0.25) is 9.78 Å². The van der Waals surface area contributed by atoms with Crippen LogP contribution in [0.3, 0.4) is 0 Å². The summed E-state index contributed by atoms with van der Waals surface area (Å²) in [4.78, 5) is 21.0. The third kappa shape index (κ3) is 5.86. The van der Waals surface area contributed by atoms with Gasteiger partial charge in [-0.15, -0.1) is 0 Å². The molecule has 0 saturated heterocycles. The van der Waals surface area contributed by atoms with E-state index in [1.165, 1.54) is 29.5 Å². The van der Waals surface area contributed by atoms with E-state index >= 15 is 0 Å². The summed E-state index contributed by atoms with van der Waals surface area (Å²) in [5, 5.41) is 22.9. The molecule has 2 N–H and O–H groups in total. The van der Waals surface area contributed by atoms with E-state index < -0.39 is 29.6 Å². The van der Waals surface area contributed by atoms with Crippen molar-refractivity contribution in [2.45, 2.75) is 25.1 Å². The van der Waals surface area contributed by atoms with Crippen LogP contribution in [0.25, 0.3) is 27.9 Å². The van der Waals surface area contributed by atoms with Crippen molar-refractivity contribution in [1.82, 2.24) is 34.7 Å². The Morgan fingerprint density at radius 1 is 0.907 bits per heavy atom. The summed E-state index contributed by atoms with van der Waals surface area (Å²) in [6, 6.07) is 16.3. The van der Waals surface area contributed by atoms with Gasteiger partial charge in [0, 0.05) is 47.9 Å². The molecule has 2 aromatic carbocycles. The summed E-state index contributed by atoms with van der Waals surface area (Å²) in [5.74, 6) is -2.72. The molecule has 0 spiro atoms. The van der Waals surface area contributed by atoms with E-state index in [0.29, 0.717) is 17.3 Å². The van der Waals surface area contributed by atoms with E-state index in [1.54, 1.807) is 35.2 Å². The molecule has 4 heterocycles. The SMILES string of the molecule is O=C(CC(O)(Cn1cncn1)c1ccc(F)cc1F)NCc1ccc2c(-c3ccncc3)c(-c3ccc(F)cc3)nn2c1. The summed E-state index contributed by atoms with van der Waals surface area (Å²) >= 11 is 0. The zero-order valence-corrected chi connectivity index (χ0v) is 22.5. The first-order valence-corrected chi connectivity index (χ1v) is 13.2. The molecule has 9 nitrogen and oxygen atoms in total. The number of benzene rings is 2. The van der Waals surface area contributed by atoms with Gasteiger partial charge in [0.25, 0.3) is 0 Å². The topological polar surface area (TPSA) is 110 Å². The lowest BCUT2D eigenvalue weighted by Gasteiger charge is -2.28. The number of aliphatic hydroxyl groups is 1. The Labute approximate surface area is 243 Å². The number of hydrogen-bond acceptors (Lipinski definition) is 6. The first-order valence-electron chi connectivity index (χ1n) is 13.2. The molecule has 6 rings (SSSR count). The molecule has 0 aliphatic carbocycles. The van der Waals surface area contributed by atoms with E-state index in [4.69, 9.17) is 5.10 Å². The Balaban J connectivity index is 1.26. The molecule has 0 saturated carbocycles. The van der Waals surface area contributed by atoms with Gasteiger partial charge in [0.2, 0.25) is 5.91 Å². The zero-order chi connectivity index (χ0) is 30.0. The quantitative estimate of drug-likeness (QED) is 0.256. The molecular formula is C31H24F3N7O2. The lowest BCUT2D eigenvalue weighted by atomic mass is 9.89. The second-order valence-corrected chi connectivity index (χ2v) is 10.0. The van der Waals surface area contributed by atoms with Crippen molar-refractivity contribution < 1.29 is 23.1 Å². The van der Waals surface area contributed by atoms with Crippen LogP contribution in [-0.4, -0.2) is 40.4 Å². The third-order valence-corrected chi connectivity index (χ3v) is 7.04. The minimum Gasteiger partial charge on any atom is -0.383 e. The number of pyridine rings is 2. The van der Waals surface area contributed by atoms with Gasteiger partial charge in [0.1, 0.15) is 41.4 Å². The highest BCUT2D eigenvalue weighted by atomic mass is 19.1. The first-order chi connectivity index (χ1) is 20.8. The largest absolute Gasteiger partial charge is 0.383 e. The van der Waals surface area contributed by atoms with Crippen LogP contribution >= 0.6 is 0 Å². The minimum atomic E-state index is -2.04. The first kappa shape index (κ1) is 27.8. The lowest BCUT2D eigenvalue weighted by molar-refractivity contribution is -0.127. The van der Waals surface area contributed by atoms with Gasteiger partial charge in [0.05, 0.1) is 18.5 Å². The number of halogens is 3. The summed E-state index contributed by atoms with van der Waals surface area (Å²) < 4.78 is 44.9. The van der Waals surface area contributed by atoms with Crippen molar-refractivity contribution in [2.75, 3.05) is 0 Å². The summed E-state index contributed by atoms with van der Waals surface area (Å²) in [5.41, 5.74) is 2.30. The van der Waals surface area contributed by atoms with Crippen molar-refractivity contribution >= 4 is 11.4 Å². The molecule has 1 atom stereocenters. The van der Waals surface area contributed by atoms with Crippen LogP contribution in [0.2, 0.25) is 0 Å². The maximum Gasteiger partial charge on any atom is 0.223 e. The summed E-state index contributed by atoms with van der Waals surface area (Å²) in [6.07, 6.45) is 7.16. The fraction of sp³-hybridized carbons (Fsp3) is 0.129. The molecule has 6 aromatic rings. The van der Waals surface area contributed by atoms with E-state index in [0.717, 1.165) is 34.3 Å². The molecular weight excluding hydrogens is 559 g/mol. The monoisotopic (exact) mass is 583 g/mol. The fourth-order valence-corrected chi connectivity index (χ4v) is 5.02. The van der Waals surface area contributed by atoms with E-state index in [9.17, 15) is 23.1 Å². The molecule has 0 aliphatic heterocycles. The summed E-state index contributed by atoms with van der Waals surface area (Å²) in [6.45, 7) is -0.206. The Kier molecular flexibility index (Phi) is 7.43. The summed E-state index contributed by atoms with van der Waals surface area (Å²) in [7, 11) is 0. The van der Waals surface area contributed by atoms with Gasteiger partial charge in [-0.05, 0) is 59.7 Å². The normalized spacial score (nSPS) is 12.7. The van der Waals surface area contributed by atoms with Crippen LogP contribution in [0.4, 0.5) is 13.2 Å². The standard InChI is InChI=1S/C31H24F3N7O2/c32-23-4-2-22(3-5-23)30-29(21-9-11-35-12-10-21)27-8-1-20(16-41(27)39-30)15-37-28(42)14-31(43,17-40-19-36-18-38-40)25-7-6-24(33)13-26(25)34/h1-13,16,18-19,43H,14-15,17H2,(H,37,42). The van der Waals surface area contributed by atoms with Gasteiger partial charge >= 0.3 is 0 Å². The van der Waals surface area contributed by atoms with Crippen LogP contribution in [0.1, 0.15) is 17.5 Å². The Bertz CT molecular complexity index is 1900. The fourth-order valence-electron chi connectivity index (χ4n) is 5.02. The smallest absolute Gasteiger partial charge is 0.223 e. The second-order valence-electron chi connectivity index (χ2n) is 10.0. The van der Waals surface area contributed by atoms with E-state index in [2.05, 4.69) is 20.4 Å². The Hall–Kier alpha value is -5.36. The Morgan fingerprint density at radius 3 is 2.40 bits per heavy atom. The molecule has 1 unspecified atom stereocenters. The molecule has 0 aliphatic rings. The molecule has 12 heteroatoms. The second kappa shape index (κ2) is 11.5. The Morgan fingerprint density at radius 2 is 1.67 bits per heavy atom. The number of carbonyl (C=O) groups excluding carboxylic acids is 1. The highest BCUT2D eigenvalue weighted by molar-refractivity contribution is 5.92. The van der Waals surface area contributed by atoms with E-state index in [-0.39, 0.29) is 24.5 Å². The van der Waals surface area contributed by atoms with Crippen LogP contribution in [0.5, 0.6) is 0 Å². The number of fused-ring (bicyclic) bond motifs is 1. The highest BCUT2D eigenvalue weighted by Gasteiger charge is 2.36. The van der Waals surface area contributed by atoms with Gasteiger partial charge < -0.3 is 10.4 Å². The predicted molar refractivity (Wildman–Crippen MR) is 151 cm³/mol. The minimum absolute atomic E-state index is 0.0798. The molecule has 0 fully saturated rings. The van der Waals surface area contributed by atoms with Gasteiger partial charge in [0.15, 0.2) is 0 Å². The van der Waals surface area contributed by atoms with E-state index in [1.807, 2.05) is 24.3 Å². The average molecular weight is 584 g/mol. The third-order valence-electron chi connectivity index (χ3n) is 7.04. The highest BCUT2D eigenvalue weighted by Crippen LogP contribution is 2.35. The molecule has 216 valence electrons. The van der Waals surface area contributed by atoms with Crippen molar-refractivity contribution in [2.24, 2.45) is 0 Å². The number of nitrogens with zero attached hydrogens (tertiary/aromatic N) is 6. The number of aromatic nitrogens is 6. The number of hydrogen-bond donors (Lipinski definition) is 2. The molecule has 43 heavy (non-hydrogen) atoms. The lowest BCUT2D eigenvalue weighted by Crippen LogP contribution is -2.39. The average Bonchev–Trinajstić information content (AvgIpc) is 3.64. The van der Waals surface area contributed by atoms with Crippen molar-refractivity contribution in [3.8, 4) is 22.4 Å². The number of carbonyl (C=O) groups is 1. The molecule has 1 amide bonds. The van der Waals surface area contributed by atoms with Crippen LogP contribution < -0.4 is 5.32 Å². The predicted octanol–water partition coefficient (Wildman–Crippen LogP) is 4.67. The molecule has 0 radical (unpaired) electrons. The van der Waals surface area contributed by atoms with Gasteiger partial charge in [-0.1, -0.05) is 12.1 Å².